The van der Waals surface area contributed by atoms with E-state index in [1.807, 2.05) is 6.07 Å². The van der Waals surface area contributed by atoms with Crippen LogP contribution in [0.1, 0.15) is 25.3 Å². The summed E-state index contributed by atoms with van der Waals surface area (Å²) in [6.45, 7) is 4.89. The van der Waals surface area contributed by atoms with E-state index >= 15 is 0 Å². The molecule has 2 aliphatic rings. The van der Waals surface area contributed by atoms with E-state index in [0.29, 0.717) is 30.7 Å². The largest absolute Gasteiger partial charge is 0.379 e. The van der Waals surface area contributed by atoms with E-state index in [4.69, 9.17) is 0 Å². The molecular weight excluding hydrogens is 308 g/mol. The molecule has 0 spiro atoms. The van der Waals surface area contributed by atoms with Gasteiger partial charge in [-0.15, -0.1) is 0 Å². The van der Waals surface area contributed by atoms with Crippen molar-refractivity contribution in [1.82, 2.24) is 10.2 Å². The number of carbonyl (C=O) groups is 1. The second-order valence-corrected chi connectivity index (χ2v) is 8.02. The van der Waals surface area contributed by atoms with Crippen LogP contribution in [0.3, 0.4) is 0 Å². The third-order valence-electron chi connectivity index (χ3n) is 4.99. The van der Waals surface area contributed by atoms with Crippen molar-refractivity contribution in [2.45, 2.75) is 38.0 Å². The highest BCUT2D eigenvalue weighted by Gasteiger charge is 2.40. The highest BCUT2D eigenvalue weighted by atomic mass is 32.2. The normalized spacial score (nSPS) is 31.4. The molecule has 3 unspecified atom stereocenters. The van der Waals surface area contributed by atoms with Crippen molar-refractivity contribution in [2.24, 2.45) is 5.92 Å². The van der Waals surface area contributed by atoms with E-state index in [2.05, 4.69) is 41.4 Å². The first kappa shape index (κ1) is 16.8. The number of rotatable bonds is 5. The molecular formula is C18H26N2O2S. The monoisotopic (exact) mass is 334 g/mol. The zero-order chi connectivity index (χ0) is 16.3. The van der Waals surface area contributed by atoms with E-state index in [-0.39, 0.29) is 5.91 Å². The van der Waals surface area contributed by atoms with Gasteiger partial charge in [-0.05, 0) is 37.0 Å². The van der Waals surface area contributed by atoms with Crippen molar-refractivity contribution >= 4 is 17.7 Å². The lowest BCUT2D eigenvalue weighted by molar-refractivity contribution is -0.137. The van der Waals surface area contributed by atoms with Gasteiger partial charge in [0.1, 0.15) is 0 Å². The molecule has 0 saturated carbocycles. The fraction of sp³-hybridized carbons (Fsp3) is 0.611. The summed E-state index contributed by atoms with van der Waals surface area (Å²) in [5, 5.41) is 13.3. The summed E-state index contributed by atoms with van der Waals surface area (Å²) >= 11 is 1.65. The van der Waals surface area contributed by atoms with Crippen molar-refractivity contribution < 1.29 is 9.90 Å². The summed E-state index contributed by atoms with van der Waals surface area (Å²) in [5.41, 5.74) is 0.194. The van der Waals surface area contributed by atoms with Crippen LogP contribution in [-0.2, 0) is 11.3 Å². The molecule has 0 aliphatic carbocycles. The van der Waals surface area contributed by atoms with Crippen LogP contribution in [-0.4, -0.2) is 52.2 Å². The maximum atomic E-state index is 12.2. The summed E-state index contributed by atoms with van der Waals surface area (Å²) in [7, 11) is 0. The molecule has 0 radical (unpaired) electrons. The molecule has 3 atom stereocenters. The van der Waals surface area contributed by atoms with Gasteiger partial charge in [0, 0.05) is 31.4 Å². The van der Waals surface area contributed by atoms with Gasteiger partial charge in [0.2, 0.25) is 0 Å². The zero-order valence-corrected chi connectivity index (χ0v) is 14.5. The minimum Gasteiger partial charge on any atom is -0.379 e. The van der Waals surface area contributed by atoms with Gasteiger partial charge in [0.25, 0.3) is 5.91 Å². The molecule has 2 N–H and O–H groups in total. The minimum absolute atomic E-state index is 0.184. The predicted molar refractivity (Wildman–Crippen MR) is 94.3 cm³/mol. The summed E-state index contributed by atoms with van der Waals surface area (Å²) in [6.07, 6.45) is 1.67. The third kappa shape index (κ3) is 4.08. The lowest BCUT2D eigenvalue weighted by Crippen LogP contribution is -2.48. The van der Waals surface area contributed by atoms with E-state index in [9.17, 15) is 9.90 Å². The third-order valence-corrected chi connectivity index (χ3v) is 6.17. The molecule has 0 bridgehead atoms. The van der Waals surface area contributed by atoms with Gasteiger partial charge >= 0.3 is 0 Å². The first-order valence-electron chi connectivity index (χ1n) is 8.43. The van der Waals surface area contributed by atoms with Crippen LogP contribution >= 0.6 is 11.8 Å². The number of likely N-dealkylation sites (tertiary alicyclic amines) is 1. The Kier molecular flexibility index (Phi) is 5.29. The van der Waals surface area contributed by atoms with Gasteiger partial charge in [-0.25, -0.2) is 0 Å². The second-order valence-electron chi connectivity index (χ2n) is 6.91. The molecule has 3 rings (SSSR count). The van der Waals surface area contributed by atoms with Crippen LogP contribution in [0.25, 0.3) is 0 Å². The number of nitrogens with zero attached hydrogens (tertiary/aromatic N) is 1. The Balaban J connectivity index is 1.48. The van der Waals surface area contributed by atoms with Crippen molar-refractivity contribution in [2.75, 3.05) is 24.6 Å². The predicted octanol–water partition coefficient (Wildman–Crippen LogP) is 1.88. The van der Waals surface area contributed by atoms with Gasteiger partial charge < -0.3 is 10.4 Å². The molecule has 23 heavy (non-hydrogen) atoms. The van der Waals surface area contributed by atoms with Crippen LogP contribution in [0.15, 0.2) is 30.3 Å². The Labute approximate surface area is 142 Å². The molecule has 2 saturated heterocycles. The van der Waals surface area contributed by atoms with E-state index < -0.39 is 5.60 Å². The number of carbonyl (C=O) groups excluding carboxylic acids is 1. The maximum Gasteiger partial charge on any atom is 0.252 e. The summed E-state index contributed by atoms with van der Waals surface area (Å²) in [4.78, 5) is 14.7. The van der Waals surface area contributed by atoms with Crippen LogP contribution in [0.2, 0.25) is 0 Å². The Bertz CT molecular complexity index is 531. The molecule has 4 nitrogen and oxygen atoms in total. The van der Waals surface area contributed by atoms with Crippen LogP contribution < -0.4 is 5.32 Å². The number of aliphatic hydroxyl groups is 1. The number of hydrogen-bond acceptors (Lipinski definition) is 4. The van der Waals surface area contributed by atoms with Crippen molar-refractivity contribution in [3.63, 3.8) is 0 Å². The van der Waals surface area contributed by atoms with E-state index in [1.54, 1.807) is 11.8 Å². The van der Waals surface area contributed by atoms with Gasteiger partial charge in [-0.2, -0.15) is 11.8 Å². The van der Waals surface area contributed by atoms with Crippen LogP contribution in [0.5, 0.6) is 0 Å². The molecule has 1 aromatic rings. The summed E-state index contributed by atoms with van der Waals surface area (Å²) in [5.74, 6) is 1.68. The molecule has 5 heteroatoms. The second kappa shape index (κ2) is 7.24. The van der Waals surface area contributed by atoms with Crippen molar-refractivity contribution in [3.05, 3.63) is 35.9 Å². The minimum atomic E-state index is -1.14. The number of benzene rings is 1. The first-order valence-corrected chi connectivity index (χ1v) is 9.59. The molecule has 2 aliphatic heterocycles. The fourth-order valence-corrected chi connectivity index (χ4v) is 4.78. The van der Waals surface area contributed by atoms with E-state index in [1.165, 1.54) is 5.56 Å². The van der Waals surface area contributed by atoms with Crippen LogP contribution in [0, 0.1) is 5.92 Å². The fourth-order valence-electron chi connectivity index (χ4n) is 3.54. The number of amides is 1. The highest BCUT2D eigenvalue weighted by Crippen LogP contribution is 2.28. The van der Waals surface area contributed by atoms with Crippen molar-refractivity contribution in [3.8, 4) is 0 Å². The van der Waals surface area contributed by atoms with Gasteiger partial charge in [-0.1, -0.05) is 30.3 Å². The summed E-state index contributed by atoms with van der Waals surface area (Å²) in [6, 6.07) is 11.1. The molecule has 1 aromatic carbocycles. The molecule has 2 heterocycles. The Morgan fingerprint density at radius 2 is 2.22 bits per heavy atom. The van der Waals surface area contributed by atoms with Crippen molar-refractivity contribution in [1.29, 1.82) is 0 Å². The number of nitrogens with one attached hydrogen (secondary N) is 1. The highest BCUT2D eigenvalue weighted by molar-refractivity contribution is 7.99. The van der Waals surface area contributed by atoms with Gasteiger partial charge in [0.15, 0.2) is 5.60 Å². The molecule has 2 fully saturated rings. The van der Waals surface area contributed by atoms with Gasteiger partial charge in [-0.3, -0.25) is 9.69 Å². The standard InChI is InChI=1S/C18H26N2O2S/c1-14-9-16(10-19-17(21)18(22)7-8-23-13-18)12-20(14)11-15-5-3-2-4-6-15/h2-6,14,16,22H,7-13H2,1H3,(H,19,21). The Morgan fingerprint density at radius 1 is 1.43 bits per heavy atom. The first-order chi connectivity index (χ1) is 11.1. The molecule has 126 valence electrons. The smallest absolute Gasteiger partial charge is 0.252 e. The lowest BCUT2D eigenvalue weighted by Gasteiger charge is -2.22. The van der Waals surface area contributed by atoms with Crippen LogP contribution in [0.4, 0.5) is 0 Å². The maximum absolute atomic E-state index is 12.2. The average Bonchev–Trinajstić information content (AvgIpc) is 3.14. The summed E-state index contributed by atoms with van der Waals surface area (Å²) < 4.78 is 0. The quantitative estimate of drug-likeness (QED) is 0.863. The zero-order valence-electron chi connectivity index (χ0n) is 13.7. The van der Waals surface area contributed by atoms with Gasteiger partial charge in [0.05, 0.1) is 0 Å². The molecule has 0 aromatic heterocycles. The number of hydrogen-bond donors (Lipinski definition) is 2. The Morgan fingerprint density at radius 3 is 2.91 bits per heavy atom. The Hall–Kier alpha value is -1.04. The average molecular weight is 334 g/mol. The topological polar surface area (TPSA) is 52.6 Å². The SMILES string of the molecule is CC1CC(CNC(=O)C2(O)CCSC2)CN1Cc1ccccc1. The number of thioether (sulfide) groups is 1. The van der Waals surface area contributed by atoms with E-state index in [0.717, 1.165) is 25.3 Å². The molecule has 1 amide bonds. The lowest BCUT2D eigenvalue weighted by atomic mass is 10.0.